The SMILES string of the molecule is c1ccc(-c2cccc(-c3nc(-c4cccc(-c5ccccc5)c4)nc(-c4cccc5c4sc4ccc6c(-c7ccccc7)nc7ccccc7c6c45)n3)c2)cc1. The van der Waals surface area contributed by atoms with Gasteiger partial charge in [0.05, 0.1) is 11.2 Å². The van der Waals surface area contributed by atoms with Crippen molar-refractivity contribution in [1.82, 2.24) is 19.9 Å². The van der Waals surface area contributed by atoms with Gasteiger partial charge in [-0.15, -0.1) is 11.3 Å². The van der Waals surface area contributed by atoms with Crippen molar-refractivity contribution in [3.63, 3.8) is 0 Å². The molecule has 3 aromatic heterocycles. The van der Waals surface area contributed by atoms with Crippen LogP contribution in [-0.4, -0.2) is 19.9 Å². The van der Waals surface area contributed by atoms with Gasteiger partial charge in [-0.25, -0.2) is 19.9 Å². The number of nitrogens with zero attached hydrogens (tertiary/aromatic N) is 4. The van der Waals surface area contributed by atoms with Gasteiger partial charge in [0.25, 0.3) is 0 Å². The van der Waals surface area contributed by atoms with Crippen LogP contribution in [0.5, 0.6) is 0 Å². The van der Waals surface area contributed by atoms with Crippen molar-refractivity contribution >= 4 is 53.2 Å². The molecule has 0 unspecified atom stereocenters. The molecule has 3 heterocycles. The molecule has 0 bridgehead atoms. The largest absolute Gasteiger partial charge is 0.247 e. The molecule has 0 radical (unpaired) electrons. The molecule has 0 saturated heterocycles. The number of thiophene rings is 1. The number of pyridine rings is 1. The summed E-state index contributed by atoms with van der Waals surface area (Å²) in [4.78, 5) is 20.9. The van der Waals surface area contributed by atoms with Gasteiger partial charge < -0.3 is 0 Å². The first-order valence-electron chi connectivity index (χ1n) is 19.1. The van der Waals surface area contributed by atoms with Crippen molar-refractivity contribution in [2.75, 3.05) is 0 Å². The first-order chi connectivity index (χ1) is 28.2. The fraction of sp³-hybridized carbons (Fsp3) is 0. The van der Waals surface area contributed by atoms with Crippen LogP contribution < -0.4 is 0 Å². The third-order valence-electron chi connectivity index (χ3n) is 10.7. The molecular formula is C52H32N4S. The van der Waals surface area contributed by atoms with E-state index in [1.165, 1.54) is 20.9 Å². The van der Waals surface area contributed by atoms with E-state index in [4.69, 9.17) is 19.9 Å². The minimum atomic E-state index is 0.631. The number of aromatic nitrogens is 4. The summed E-state index contributed by atoms with van der Waals surface area (Å²) in [5, 5.41) is 5.90. The molecule has 5 heteroatoms. The number of rotatable bonds is 6. The van der Waals surface area contributed by atoms with Crippen LogP contribution in [0.25, 0.3) is 110 Å². The second-order valence-corrected chi connectivity index (χ2v) is 15.2. The van der Waals surface area contributed by atoms with Gasteiger partial charge in [0.15, 0.2) is 17.5 Å². The molecule has 0 fully saturated rings. The van der Waals surface area contributed by atoms with Crippen molar-refractivity contribution in [2.45, 2.75) is 0 Å². The Kier molecular flexibility index (Phi) is 7.97. The summed E-state index contributed by atoms with van der Waals surface area (Å²) >= 11 is 1.79. The first-order valence-corrected chi connectivity index (χ1v) is 19.9. The summed E-state index contributed by atoms with van der Waals surface area (Å²) in [6.07, 6.45) is 0. The third kappa shape index (κ3) is 5.84. The molecule has 0 aliphatic heterocycles. The van der Waals surface area contributed by atoms with Crippen LogP contribution in [0.2, 0.25) is 0 Å². The molecule has 11 rings (SSSR count). The second-order valence-electron chi connectivity index (χ2n) is 14.2. The fourth-order valence-corrected chi connectivity index (χ4v) is 9.23. The Balaban J connectivity index is 1.16. The molecule has 0 amide bonds. The Morgan fingerprint density at radius 1 is 0.316 bits per heavy atom. The fourth-order valence-electron chi connectivity index (χ4n) is 8.01. The van der Waals surface area contributed by atoms with Crippen LogP contribution in [0.3, 0.4) is 0 Å². The third-order valence-corrected chi connectivity index (χ3v) is 11.9. The molecule has 0 atom stereocenters. The highest BCUT2D eigenvalue weighted by Crippen LogP contribution is 2.46. The maximum atomic E-state index is 5.28. The lowest BCUT2D eigenvalue weighted by atomic mass is 9.96. The lowest BCUT2D eigenvalue weighted by molar-refractivity contribution is 1.08. The summed E-state index contributed by atoms with van der Waals surface area (Å²) in [5.41, 5.74) is 10.4. The molecular weight excluding hydrogens is 713 g/mol. The van der Waals surface area contributed by atoms with E-state index < -0.39 is 0 Å². The van der Waals surface area contributed by atoms with Crippen molar-refractivity contribution in [2.24, 2.45) is 0 Å². The van der Waals surface area contributed by atoms with Crippen LogP contribution in [-0.2, 0) is 0 Å². The Bertz CT molecular complexity index is 3180. The maximum Gasteiger partial charge on any atom is 0.165 e. The smallest absolute Gasteiger partial charge is 0.165 e. The average Bonchev–Trinajstić information content (AvgIpc) is 3.69. The van der Waals surface area contributed by atoms with Crippen LogP contribution in [0, 0.1) is 0 Å². The predicted molar refractivity (Wildman–Crippen MR) is 238 cm³/mol. The summed E-state index contributed by atoms with van der Waals surface area (Å²) in [5.74, 6) is 1.90. The molecule has 0 saturated carbocycles. The molecule has 4 nitrogen and oxygen atoms in total. The molecule has 0 spiro atoms. The summed E-state index contributed by atoms with van der Waals surface area (Å²) in [6.45, 7) is 0. The van der Waals surface area contributed by atoms with E-state index in [0.29, 0.717) is 17.5 Å². The summed E-state index contributed by atoms with van der Waals surface area (Å²) in [6, 6.07) is 67.9. The zero-order chi connectivity index (χ0) is 37.7. The lowest BCUT2D eigenvalue weighted by Crippen LogP contribution is -2.00. The van der Waals surface area contributed by atoms with Crippen molar-refractivity contribution in [3.8, 4) is 67.7 Å². The summed E-state index contributed by atoms with van der Waals surface area (Å²) < 4.78 is 2.35. The number of benzene rings is 8. The Hall–Kier alpha value is -7.34. The number of fused-ring (bicyclic) bond motifs is 7. The van der Waals surface area contributed by atoms with Crippen molar-refractivity contribution < 1.29 is 0 Å². The van der Waals surface area contributed by atoms with E-state index in [9.17, 15) is 0 Å². The molecule has 0 aliphatic rings. The van der Waals surface area contributed by atoms with Gasteiger partial charge in [-0.1, -0.05) is 164 Å². The van der Waals surface area contributed by atoms with Crippen LogP contribution in [0.1, 0.15) is 0 Å². The Labute approximate surface area is 333 Å². The van der Waals surface area contributed by atoms with Gasteiger partial charge >= 0.3 is 0 Å². The second kappa shape index (κ2) is 13.7. The van der Waals surface area contributed by atoms with Gasteiger partial charge in [-0.2, -0.15) is 0 Å². The highest BCUT2D eigenvalue weighted by molar-refractivity contribution is 7.26. The molecule has 8 aromatic carbocycles. The molecule has 0 aliphatic carbocycles. The minimum Gasteiger partial charge on any atom is -0.247 e. The quantitative estimate of drug-likeness (QED) is 0.159. The van der Waals surface area contributed by atoms with Gasteiger partial charge in [-0.05, 0) is 52.6 Å². The number of hydrogen-bond acceptors (Lipinski definition) is 5. The average molecular weight is 745 g/mol. The normalized spacial score (nSPS) is 11.5. The standard InChI is InChI=1S/C52H32N4S/c1-4-15-33(16-5-1)36-21-12-23-38(31-36)50-54-51(39-24-13-22-37(32-39)34-17-6-2-7-18-34)56-52(55-50)43-27-14-26-42-47-45(57-49(42)43)30-29-41-46(47)40-25-10-11-28-44(40)53-48(41)35-19-8-3-9-20-35/h1-32H. The van der Waals surface area contributed by atoms with Crippen LogP contribution in [0.15, 0.2) is 194 Å². The summed E-state index contributed by atoms with van der Waals surface area (Å²) in [7, 11) is 0. The van der Waals surface area contributed by atoms with Crippen LogP contribution in [0.4, 0.5) is 0 Å². The van der Waals surface area contributed by atoms with Gasteiger partial charge in [0, 0.05) is 58.6 Å². The first kappa shape index (κ1) is 33.0. The molecule has 11 aromatic rings. The van der Waals surface area contributed by atoms with E-state index in [2.05, 4.69) is 182 Å². The lowest BCUT2D eigenvalue weighted by Gasteiger charge is -2.12. The van der Waals surface area contributed by atoms with E-state index in [0.717, 1.165) is 71.2 Å². The zero-order valence-corrected chi connectivity index (χ0v) is 31.5. The zero-order valence-electron chi connectivity index (χ0n) is 30.7. The van der Waals surface area contributed by atoms with Gasteiger partial charge in [0.1, 0.15) is 0 Å². The van der Waals surface area contributed by atoms with Crippen molar-refractivity contribution in [1.29, 1.82) is 0 Å². The van der Waals surface area contributed by atoms with Gasteiger partial charge in [-0.3, -0.25) is 0 Å². The monoisotopic (exact) mass is 744 g/mol. The van der Waals surface area contributed by atoms with E-state index >= 15 is 0 Å². The van der Waals surface area contributed by atoms with E-state index in [-0.39, 0.29) is 0 Å². The van der Waals surface area contributed by atoms with E-state index in [1.807, 2.05) is 12.1 Å². The highest BCUT2D eigenvalue weighted by atomic mass is 32.1. The van der Waals surface area contributed by atoms with Crippen molar-refractivity contribution in [3.05, 3.63) is 194 Å². The Morgan fingerprint density at radius 3 is 1.47 bits per heavy atom. The molecule has 57 heavy (non-hydrogen) atoms. The predicted octanol–water partition coefficient (Wildman–Crippen LogP) is 13.9. The van der Waals surface area contributed by atoms with Gasteiger partial charge in [0.2, 0.25) is 0 Å². The Morgan fingerprint density at radius 2 is 0.825 bits per heavy atom. The molecule has 0 N–H and O–H groups in total. The molecule has 266 valence electrons. The number of hydrogen-bond donors (Lipinski definition) is 0. The topological polar surface area (TPSA) is 51.6 Å². The van der Waals surface area contributed by atoms with E-state index in [1.54, 1.807) is 11.3 Å². The van der Waals surface area contributed by atoms with Crippen LogP contribution >= 0.6 is 11.3 Å². The highest BCUT2D eigenvalue weighted by Gasteiger charge is 2.20. The minimum absolute atomic E-state index is 0.631. The maximum absolute atomic E-state index is 5.28. The number of para-hydroxylation sites is 1.